The number of methoxy groups -OCH3 is 1. The highest BCUT2D eigenvalue weighted by atomic mass is 32.1. The number of hydrogen-bond donors (Lipinski definition) is 1. The Balaban J connectivity index is 2.59. The van der Waals surface area contributed by atoms with Gasteiger partial charge in [0.15, 0.2) is 0 Å². The molecule has 1 rings (SSSR count). The monoisotopic (exact) mass is 283 g/mol. The molecule has 19 heavy (non-hydrogen) atoms. The molecule has 1 unspecified atom stereocenters. The molecule has 0 fully saturated rings. The van der Waals surface area contributed by atoms with Gasteiger partial charge in [-0.05, 0) is 24.8 Å². The molecule has 5 nitrogen and oxygen atoms in total. The minimum atomic E-state index is -0.590. The molecule has 1 aromatic heterocycles. The van der Waals surface area contributed by atoms with Crippen LogP contribution in [0.1, 0.15) is 23.7 Å². The first kappa shape index (κ1) is 15.4. The van der Waals surface area contributed by atoms with E-state index in [1.807, 2.05) is 0 Å². The molecule has 1 heterocycles. The number of ether oxygens (including phenoxy) is 2. The molecule has 0 saturated carbocycles. The standard InChI is InChI=1S/C13H17NO4S/c1-4-5-7-18-9(2)11(15)14-12-10(6-8-19-12)13(16)17-3/h4,6,8-9H,1,5,7H2,2-3H3,(H,14,15). The van der Waals surface area contributed by atoms with Gasteiger partial charge in [-0.3, -0.25) is 4.79 Å². The van der Waals surface area contributed by atoms with E-state index >= 15 is 0 Å². The Morgan fingerprint density at radius 3 is 2.95 bits per heavy atom. The summed E-state index contributed by atoms with van der Waals surface area (Å²) in [6.07, 6.45) is 1.82. The van der Waals surface area contributed by atoms with Gasteiger partial charge in [-0.2, -0.15) is 0 Å². The van der Waals surface area contributed by atoms with E-state index < -0.39 is 12.1 Å². The summed E-state index contributed by atoms with van der Waals surface area (Å²) in [5.74, 6) is -0.770. The maximum absolute atomic E-state index is 11.9. The number of carbonyl (C=O) groups excluding carboxylic acids is 2. The third-order valence-electron chi connectivity index (χ3n) is 2.37. The number of rotatable bonds is 7. The highest BCUT2D eigenvalue weighted by Crippen LogP contribution is 2.24. The molecule has 1 atom stereocenters. The second-order valence-electron chi connectivity index (χ2n) is 3.73. The van der Waals surface area contributed by atoms with E-state index in [4.69, 9.17) is 4.74 Å². The zero-order chi connectivity index (χ0) is 14.3. The van der Waals surface area contributed by atoms with E-state index in [0.717, 1.165) is 0 Å². The smallest absolute Gasteiger partial charge is 0.340 e. The summed E-state index contributed by atoms with van der Waals surface area (Å²) in [5.41, 5.74) is 0.346. The van der Waals surface area contributed by atoms with E-state index in [1.54, 1.807) is 24.4 Å². The molecule has 0 spiro atoms. The van der Waals surface area contributed by atoms with Gasteiger partial charge in [-0.25, -0.2) is 4.79 Å². The lowest BCUT2D eigenvalue weighted by Crippen LogP contribution is -2.28. The van der Waals surface area contributed by atoms with Crippen molar-refractivity contribution < 1.29 is 19.1 Å². The van der Waals surface area contributed by atoms with Crippen molar-refractivity contribution >= 4 is 28.2 Å². The summed E-state index contributed by atoms with van der Waals surface area (Å²) in [6.45, 7) is 5.67. The maximum atomic E-state index is 11.9. The fourth-order valence-electron chi connectivity index (χ4n) is 1.29. The lowest BCUT2D eigenvalue weighted by atomic mass is 10.3. The summed E-state index contributed by atoms with van der Waals surface area (Å²) in [4.78, 5) is 23.3. The summed E-state index contributed by atoms with van der Waals surface area (Å²) < 4.78 is 9.96. The number of amides is 1. The molecule has 0 aliphatic rings. The number of anilines is 1. The Kier molecular flexibility index (Phi) is 6.24. The number of thiophene rings is 1. The average molecular weight is 283 g/mol. The van der Waals surface area contributed by atoms with Gasteiger partial charge >= 0.3 is 5.97 Å². The van der Waals surface area contributed by atoms with Crippen LogP contribution < -0.4 is 5.32 Å². The lowest BCUT2D eigenvalue weighted by Gasteiger charge is -2.12. The van der Waals surface area contributed by atoms with Crippen molar-refractivity contribution in [3.05, 3.63) is 29.7 Å². The van der Waals surface area contributed by atoms with Gasteiger partial charge in [0.25, 0.3) is 5.91 Å². The van der Waals surface area contributed by atoms with Crippen molar-refractivity contribution in [2.24, 2.45) is 0 Å². The normalized spacial score (nSPS) is 11.7. The highest BCUT2D eigenvalue weighted by molar-refractivity contribution is 7.14. The van der Waals surface area contributed by atoms with Crippen molar-refractivity contribution in [1.29, 1.82) is 0 Å². The van der Waals surface area contributed by atoms with E-state index in [9.17, 15) is 9.59 Å². The predicted octanol–water partition coefficient (Wildman–Crippen LogP) is 2.45. The van der Waals surface area contributed by atoms with Crippen LogP contribution in [0.5, 0.6) is 0 Å². The fraction of sp³-hybridized carbons (Fsp3) is 0.385. The van der Waals surface area contributed by atoms with Crippen LogP contribution in [0, 0.1) is 0 Å². The summed E-state index contributed by atoms with van der Waals surface area (Å²) >= 11 is 1.26. The van der Waals surface area contributed by atoms with Crippen molar-refractivity contribution in [2.45, 2.75) is 19.4 Å². The molecular weight excluding hydrogens is 266 g/mol. The van der Waals surface area contributed by atoms with Crippen LogP contribution >= 0.6 is 11.3 Å². The van der Waals surface area contributed by atoms with Crippen molar-refractivity contribution in [1.82, 2.24) is 0 Å². The van der Waals surface area contributed by atoms with Crippen LogP contribution in [0.2, 0.25) is 0 Å². The molecule has 0 aliphatic heterocycles. The minimum absolute atomic E-state index is 0.295. The third kappa shape index (κ3) is 4.50. The van der Waals surface area contributed by atoms with Crippen molar-refractivity contribution in [3.8, 4) is 0 Å². The molecule has 0 bridgehead atoms. The quantitative estimate of drug-likeness (QED) is 0.474. The average Bonchev–Trinajstić information content (AvgIpc) is 2.86. The Bertz CT molecular complexity index is 455. The molecule has 0 aromatic carbocycles. The van der Waals surface area contributed by atoms with Crippen LogP contribution in [-0.4, -0.2) is 31.7 Å². The third-order valence-corrected chi connectivity index (χ3v) is 3.20. The van der Waals surface area contributed by atoms with Gasteiger partial charge in [0.2, 0.25) is 0 Å². The second kappa shape index (κ2) is 7.70. The minimum Gasteiger partial charge on any atom is -0.465 e. The predicted molar refractivity (Wildman–Crippen MR) is 74.5 cm³/mol. The largest absolute Gasteiger partial charge is 0.465 e. The number of hydrogen-bond acceptors (Lipinski definition) is 5. The van der Waals surface area contributed by atoms with Gasteiger partial charge in [-0.15, -0.1) is 17.9 Å². The Morgan fingerprint density at radius 1 is 1.58 bits per heavy atom. The molecule has 1 aromatic rings. The van der Waals surface area contributed by atoms with Crippen LogP contribution in [0.25, 0.3) is 0 Å². The SMILES string of the molecule is C=CCCOC(C)C(=O)Nc1sccc1C(=O)OC. The first-order valence-corrected chi connectivity index (χ1v) is 6.67. The van der Waals surface area contributed by atoms with Gasteiger partial charge in [0, 0.05) is 0 Å². The van der Waals surface area contributed by atoms with Gasteiger partial charge in [0.05, 0.1) is 19.3 Å². The molecule has 0 aliphatic carbocycles. The summed E-state index contributed by atoms with van der Waals surface area (Å²) in [6, 6.07) is 1.61. The first-order chi connectivity index (χ1) is 9.10. The molecule has 1 N–H and O–H groups in total. The van der Waals surface area contributed by atoms with E-state index in [2.05, 4.69) is 16.6 Å². The lowest BCUT2D eigenvalue weighted by molar-refractivity contribution is -0.126. The Labute approximate surface area is 116 Å². The van der Waals surface area contributed by atoms with Crippen molar-refractivity contribution in [2.75, 3.05) is 19.0 Å². The van der Waals surface area contributed by atoms with Crippen LogP contribution in [0.4, 0.5) is 5.00 Å². The molecule has 1 amide bonds. The van der Waals surface area contributed by atoms with Gasteiger partial charge < -0.3 is 14.8 Å². The Morgan fingerprint density at radius 2 is 2.32 bits per heavy atom. The van der Waals surface area contributed by atoms with Crippen LogP contribution in [-0.2, 0) is 14.3 Å². The van der Waals surface area contributed by atoms with E-state index in [-0.39, 0.29) is 5.91 Å². The molecule has 6 heteroatoms. The van der Waals surface area contributed by atoms with E-state index in [1.165, 1.54) is 18.4 Å². The first-order valence-electron chi connectivity index (χ1n) is 5.79. The number of nitrogens with one attached hydrogen (secondary N) is 1. The molecule has 0 radical (unpaired) electrons. The number of esters is 1. The Hall–Kier alpha value is -1.66. The van der Waals surface area contributed by atoms with Gasteiger partial charge in [-0.1, -0.05) is 6.08 Å². The van der Waals surface area contributed by atoms with Crippen molar-refractivity contribution in [3.63, 3.8) is 0 Å². The zero-order valence-electron chi connectivity index (χ0n) is 11.0. The zero-order valence-corrected chi connectivity index (χ0v) is 11.8. The maximum Gasteiger partial charge on any atom is 0.340 e. The second-order valence-corrected chi connectivity index (χ2v) is 4.65. The molecular formula is C13H17NO4S. The van der Waals surface area contributed by atoms with Gasteiger partial charge in [0.1, 0.15) is 11.1 Å². The highest BCUT2D eigenvalue weighted by Gasteiger charge is 2.18. The summed E-state index contributed by atoms with van der Waals surface area (Å²) in [5, 5.41) is 4.84. The molecule has 104 valence electrons. The number of carbonyl (C=O) groups is 2. The van der Waals surface area contributed by atoms with Crippen LogP contribution in [0.3, 0.4) is 0 Å². The van der Waals surface area contributed by atoms with E-state index in [0.29, 0.717) is 23.6 Å². The van der Waals surface area contributed by atoms with Crippen LogP contribution in [0.15, 0.2) is 24.1 Å². The topological polar surface area (TPSA) is 64.6 Å². The summed E-state index contributed by atoms with van der Waals surface area (Å²) in [7, 11) is 1.30. The molecule has 0 saturated heterocycles. The fourth-order valence-corrected chi connectivity index (χ4v) is 2.07.